The number of aromatic nitrogens is 1. The van der Waals surface area contributed by atoms with Gasteiger partial charge in [-0.05, 0) is 54.6 Å². The summed E-state index contributed by atoms with van der Waals surface area (Å²) >= 11 is 0. The van der Waals surface area contributed by atoms with Crippen LogP contribution in [0.3, 0.4) is 0 Å². The highest BCUT2D eigenvalue weighted by Crippen LogP contribution is 2.15. The van der Waals surface area contributed by atoms with Gasteiger partial charge in [0.2, 0.25) is 5.91 Å². The minimum Gasteiger partial charge on any atom is -0.326 e. The van der Waals surface area contributed by atoms with E-state index in [-0.39, 0.29) is 23.0 Å². The van der Waals surface area contributed by atoms with Crippen LogP contribution < -0.4 is 16.0 Å². The van der Waals surface area contributed by atoms with Gasteiger partial charge >= 0.3 is 0 Å². The first-order chi connectivity index (χ1) is 13.9. The molecule has 0 bridgehead atoms. The van der Waals surface area contributed by atoms with Gasteiger partial charge in [0.1, 0.15) is 17.2 Å². The summed E-state index contributed by atoms with van der Waals surface area (Å²) in [4.78, 5) is 39.9. The Morgan fingerprint density at radius 3 is 1.79 bits per heavy atom. The van der Waals surface area contributed by atoms with E-state index in [2.05, 4.69) is 20.9 Å². The summed E-state index contributed by atoms with van der Waals surface area (Å²) in [6.45, 7) is 1.40. The van der Waals surface area contributed by atoms with E-state index in [1.165, 1.54) is 43.3 Å². The van der Waals surface area contributed by atoms with Crippen molar-refractivity contribution in [3.8, 4) is 0 Å². The average molecular weight is 392 g/mol. The third-order valence-corrected chi connectivity index (χ3v) is 3.76. The maximum atomic E-state index is 13.2. The van der Waals surface area contributed by atoms with Crippen molar-refractivity contribution in [2.45, 2.75) is 6.92 Å². The smallest absolute Gasteiger partial charge is 0.274 e. The number of amides is 3. The molecule has 0 spiro atoms. The van der Waals surface area contributed by atoms with E-state index >= 15 is 0 Å². The molecule has 8 heteroatoms. The summed E-state index contributed by atoms with van der Waals surface area (Å²) in [7, 11) is 0. The molecule has 0 aliphatic heterocycles. The third-order valence-electron chi connectivity index (χ3n) is 3.76. The number of pyridine rings is 1. The van der Waals surface area contributed by atoms with Crippen molar-refractivity contribution in [2.24, 2.45) is 0 Å². The van der Waals surface area contributed by atoms with Crippen molar-refractivity contribution >= 4 is 34.8 Å². The van der Waals surface area contributed by atoms with E-state index in [0.29, 0.717) is 11.4 Å². The summed E-state index contributed by atoms with van der Waals surface area (Å²) < 4.78 is 13.2. The summed E-state index contributed by atoms with van der Waals surface area (Å²) in [5.41, 5.74) is 1.45. The van der Waals surface area contributed by atoms with Gasteiger partial charge in [-0.1, -0.05) is 12.1 Å². The zero-order chi connectivity index (χ0) is 20.8. The number of benzene rings is 2. The molecule has 0 unspecified atom stereocenters. The topological polar surface area (TPSA) is 100 Å². The van der Waals surface area contributed by atoms with E-state index in [4.69, 9.17) is 0 Å². The van der Waals surface area contributed by atoms with Crippen LogP contribution in [0.25, 0.3) is 0 Å². The van der Waals surface area contributed by atoms with Crippen molar-refractivity contribution in [2.75, 3.05) is 16.0 Å². The van der Waals surface area contributed by atoms with E-state index < -0.39 is 17.6 Å². The second-order valence-corrected chi connectivity index (χ2v) is 6.09. The quantitative estimate of drug-likeness (QED) is 0.617. The molecule has 146 valence electrons. The average Bonchev–Trinajstić information content (AvgIpc) is 2.69. The number of carbonyl (C=O) groups is 3. The Morgan fingerprint density at radius 2 is 1.24 bits per heavy atom. The minimum absolute atomic E-state index is 0.0166. The van der Waals surface area contributed by atoms with Crippen LogP contribution in [0.2, 0.25) is 0 Å². The summed E-state index contributed by atoms with van der Waals surface area (Å²) in [5.74, 6) is -1.74. The highest BCUT2D eigenvalue weighted by atomic mass is 19.1. The maximum absolute atomic E-state index is 13.2. The number of hydrogen-bond donors (Lipinski definition) is 3. The SMILES string of the molecule is CC(=O)Nc1ccc(NC(=O)c2cccc(C(=O)Nc3cccc(F)c3)n2)cc1. The molecule has 3 amide bonds. The van der Waals surface area contributed by atoms with E-state index in [9.17, 15) is 18.8 Å². The van der Waals surface area contributed by atoms with Gasteiger partial charge in [0.15, 0.2) is 0 Å². The number of halogens is 1. The molecular weight excluding hydrogens is 375 g/mol. The summed E-state index contributed by atoms with van der Waals surface area (Å²) in [6.07, 6.45) is 0. The van der Waals surface area contributed by atoms with Crippen molar-refractivity contribution in [1.29, 1.82) is 0 Å². The molecule has 1 aromatic heterocycles. The monoisotopic (exact) mass is 392 g/mol. The Labute approximate surface area is 166 Å². The van der Waals surface area contributed by atoms with Crippen LogP contribution in [0.4, 0.5) is 21.5 Å². The summed E-state index contributed by atoms with van der Waals surface area (Å²) in [5, 5.41) is 7.82. The molecule has 3 rings (SSSR count). The van der Waals surface area contributed by atoms with Crippen molar-refractivity contribution in [3.05, 3.63) is 83.9 Å². The Bertz CT molecular complexity index is 1070. The number of anilines is 3. The molecular formula is C21H17FN4O3. The van der Waals surface area contributed by atoms with Crippen LogP contribution in [0.1, 0.15) is 27.9 Å². The lowest BCUT2D eigenvalue weighted by Crippen LogP contribution is -2.18. The van der Waals surface area contributed by atoms with Crippen LogP contribution in [0.5, 0.6) is 0 Å². The van der Waals surface area contributed by atoms with E-state index in [1.54, 1.807) is 30.3 Å². The Hall–Kier alpha value is -4.07. The Balaban J connectivity index is 1.68. The van der Waals surface area contributed by atoms with Gasteiger partial charge < -0.3 is 16.0 Å². The van der Waals surface area contributed by atoms with Crippen LogP contribution >= 0.6 is 0 Å². The highest BCUT2D eigenvalue weighted by molar-refractivity contribution is 6.06. The summed E-state index contributed by atoms with van der Waals surface area (Å²) in [6, 6.07) is 16.5. The zero-order valence-electron chi connectivity index (χ0n) is 15.4. The van der Waals surface area contributed by atoms with Crippen LogP contribution in [-0.2, 0) is 4.79 Å². The minimum atomic E-state index is -0.565. The van der Waals surface area contributed by atoms with Crippen LogP contribution in [0.15, 0.2) is 66.7 Å². The second kappa shape index (κ2) is 8.75. The van der Waals surface area contributed by atoms with Crippen molar-refractivity contribution < 1.29 is 18.8 Å². The predicted molar refractivity (Wildman–Crippen MR) is 107 cm³/mol. The third kappa shape index (κ3) is 5.46. The fourth-order valence-electron chi connectivity index (χ4n) is 2.48. The lowest BCUT2D eigenvalue weighted by Gasteiger charge is -2.08. The van der Waals surface area contributed by atoms with Gasteiger partial charge in [-0.25, -0.2) is 9.37 Å². The molecule has 0 atom stereocenters. The van der Waals surface area contributed by atoms with Crippen LogP contribution in [-0.4, -0.2) is 22.7 Å². The molecule has 3 N–H and O–H groups in total. The number of carbonyl (C=O) groups excluding carboxylic acids is 3. The Kier molecular flexibility index (Phi) is 5.94. The molecule has 0 fully saturated rings. The lowest BCUT2D eigenvalue weighted by molar-refractivity contribution is -0.114. The first-order valence-electron chi connectivity index (χ1n) is 8.64. The van der Waals surface area contributed by atoms with E-state index in [1.807, 2.05) is 0 Å². The molecule has 0 saturated heterocycles. The molecule has 29 heavy (non-hydrogen) atoms. The first-order valence-corrected chi connectivity index (χ1v) is 8.64. The lowest BCUT2D eigenvalue weighted by atomic mass is 10.2. The maximum Gasteiger partial charge on any atom is 0.274 e. The first kappa shape index (κ1) is 19.7. The highest BCUT2D eigenvalue weighted by Gasteiger charge is 2.13. The standard InChI is InChI=1S/C21H17FN4O3/c1-13(27)23-15-8-10-16(11-9-15)24-20(28)18-6-3-7-19(26-18)21(29)25-17-5-2-4-14(22)12-17/h2-12H,1H3,(H,23,27)(H,24,28)(H,25,29). The molecule has 0 radical (unpaired) electrons. The zero-order valence-corrected chi connectivity index (χ0v) is 15.4. The van der Waals surface area contributed by atoms with Crippen molar-refractivity contribution in [1.82, 2.24) is 4.98 Å². The van der Waals surface area contributed by atoms with Gasteiger partial charge in [0, 0.05) is 24.0 Å². The van der Waals surface area contributed by atoms with Crippen molar-refractivity contribution in [3.63, 3.8) is 0 Å². The number of nitrogens with zero attached hydrogens (tertiary/aromatic N) is 1. The number of rotatable bonds is 5. The number of hydrogen-bond acceptors (Lipinski definition) is 4. The molecule has 7 nitrogen and oxygen atoms in total. The second-order valence-electron chi connectivity index (χ2n) is 6.09. The fourth-order valence-corrected chi connectivity index (χ4v) is 2.48. The molecule has 2 aromatic carbocycles. The van der Waals surface area contributed by atoms with Gasteiger partial charge in [-0.15, -0.1) is 0 Å². The molecule has 0 aliphatic rings. The Morgan fingerprint density at radius 1 is 0.724 bits per heavy atom. The van der Waals surface area contributed by atoms with Gasteiger partial charge in [0.25, 0.3) is 11.8 Å². The van der Waals surface area contributed by atoms with Gasteiger partial charge in [-0.3, -0.25) is 14.4 Å². The number of nitrogens with one attached hydrogen (secondary N) is 3. The molecule has 0 saturated carbocycles. The molecule has 0 aliphatic carbocycles. The molecule has 1 heterocycles. The van der Waals surface area contributed by atoms with Gasteiger partial charge in [-0.2, -0.15) is 0 Å². The molecule has 3 aromatic rings. The predicted octanol–water partition coefficient (Wildman–Crippen LogP) is 3.68. The van der Waals surface area contributed by atoms with Gasteiger partial charge in [0.05, 0.1) is 0 Å². The normalized spacial score (nSPS) is 10.1. The van der Waals surface area contributed by atoms with E-state index in [0.717, 1.165) is 0 Å². The largest absolute Gasteiger partial charge is 0.326 e. The van der Waals surface area contributed by atoms with Crippen LogP contribution in [0, 0.1) is 5.82 Å². The fraction of sp³-hybridized carbons (Fsp3) is 0.0476.